The van der Waals surface area contributed by atoms with Crippen LogP contribution in [0.25, 0.3) is 0 Å². The van der Waals surface area contributed by atoms with Crippen molar-refractivity contribution in [2.45, 2.75) is 26.3 Å². The molecule has 0 aromatic heterocycles. The first-order valence-corrected chi connectivity index (χ1v) is 6.68. The van der Waals surface area contributed by atoms with Gasteiger partial charge in [-0.2, -0.15) is 0 Å². The highest BCUT2D eigenvalue weighted by Crippen LogP contribution is 2.22. The molecule has 2 aromatic rings. The van der Waals surface area contributed by atoms with Crippen LogP contribution in [-0.4, -0.2) is 0 Å². The van der Waals surface area contributed by atoms with E-state index < -0.39 is 0 Å². The van der Waals surface area contributed by atoms with Gasteiger partial charge in [-0.05, 0) is 48.7 Å². The van der Waals surface area contributed by atoms with Crippen LogP contribution in [0.3, 0.4) is 0 Å². The molecule has 1 atom stereocenters. The van der Waals surface area contributed by atoms with Gasteiger partial charge in [-0.15, -0.1) is 0 Å². The van der Waals surface area contributed by atoms with Crippen molar-refractivity contribution in [1.82, 2.24) is 0 Å². The molecule has 0 radical (unpaired) electrons. The first-order chi connectivity index (χ1) is 8.69. The van der Waals surface area contributed by atoms with E-state index in [0.717, 1.165) is 17.1 Å². The molecule has 2 heteroatoms. The summed E-state index contributed by atoms with van der Waals surface area (Å²) in [5.41, 5.74) is 3.69. The zero-order valence-corrected chi connectivity index (χ0v) is 11.5. The number of halogens is 1. The molecule has 1 nitrogen and oxygen atoms in total. The Morgan fingerprint density at radius 3 is 2.44 bits per heavy atom. The van der Waals surface area contributed by atoms with Crippen LogP contribution in [-0.2, 0) is 6.42 Å². The van der Waals surface area contributed by atoms with E-state index in [2.05, 4.69) is 49.5 Å². The van der Waals surface area contributed by atoms with Crippen LogP contribution in [0.1, 0.15) is 31.0 Å². The first kappa shape index (κ1) is 13.0. The van der Waals surface area contributed by atoms with Gasteiger partial charge >= 0.3 is 0 Å². The summed E-state index contributed by atoms with van der Waals surface area (Å²) in [6, 6.07) is 16.8. The summed E-state index contributed by atoms with van der Waals surface area (Å²) < 4.78 is 0. The topological polar surface area (TPSA) is 12.0 Å². The Balaban J connectivity index is 2.08. The molecular formula is C16H18ClN. The first-order valence-electron chi connectivity index (χ1n) is 6.30. The Kier molecular flexibility index (Phi) is 4.27. The van der Waals surface area contributed by atoms with E-state index in [0.29, 0.717) is 0 Å². The van der Waals surface area contributed by atoms with Crippen LogP contribution >= 0.6 is 11.6 Å². The minimum atomic E-state index is 0.246. The van der Waals surface area contributed by atoms with Crippen LogP contribution in [0.2, 0.25) is 5.02 Å². The second-order valence-electron chi connectivity index (χ2n) is 4.47. The molecule has 0 aliphatic carbocycles. The lowest BCUT2D eigenvalue weighted by molar-refractivity contribution is 0.884. The van der Waals surface area contributed by atoms with Gasteiger partial charge in [0, 0.05) is 16.8 Å². The molecule has 0 bridgehead atoms. The molecule has 1 N–H and O–H groups in total. The summed E-state index contributed by atoms with van der Waals surface area (Å²) in [6.45, 7) is 4.30. The summed E-state index contributed by atoms with van der Waals surface area (Å²) in [7, 11) is 0. The van der Waals surface area contributed by atoms with E-state index in [4.69, 9.17) is 11.6 Å². The molecule has 0 amide bonds. The summed E-state index contributed by atoms with van der Waals surface area (Å²) >= 11 is 6.00. The summed E-state index contributed by atoms with van der Waals surface area (Å²) in [5.74, 6) is 0. The lowest BCUT2D eigenvalue weighted by Gasteiger charge is -2.16. The molecule has 2 aromatic carbocycles. The molecule has 0 spiro atoms. The van der Waals surface area contributed by atoms with E-state index in [1.54, 1.807) is 0 Å². The van der Waals surface area contributed by atoms with E-state index in [1.165, 1.54) is 11.1 Å². The van der Waals surface area contributed by atoms with Gasteiger partial charge in [-0.25, -0.2) is 0 Å². The fourth-order valence-electron chi connectivity index (χ4n) is 1.95. The highest BCUT2D eigenvalue weighted by atomic mass is 35.5. The van der Waals surface area contributed by atoms with Crippen molar-refractivity contribution in [2.24, 2.45) is 0 Å². The quantitative estimate of drug-likeness (QED) is 0.808. The number of anilines is 1. The number of rotatable bonds is 4. The molecule has 18 heavy (non-hydrogen) atoms. The SMILES string of the molecule is CCc1ccc(NC(C)c2cccc(Cl)c2)cc1. The van der Waals surface area contributed by atoms with Crippen molar-refractivity contribution in [2.75, 3.05) is 5.32 Å². The molecule has 2 rings (SSSR count). The van der Waals surface area contributed by atoms with Crippen molar-refractivity contribution in [3.05, 3.63) is 64.7 Å². The maximum absolute atomic E-state index is 6.00. The monoisotopic (exact) mass is 259 g/mol. The smallest absolute Gasteiger partial charge is 0.0486 e. The lowest BCUT2D eigenvalue weighted by atomic mass is 10.1. The average Bonchev–Trinajstić information content (AvgIpc) is 2.39. The molecule has 0 fully saturated rings. The zero-order chi connectivity index (χ0) is 13.0. The third-order valence-corrected chi connectivity index (χ3v) is 3.33. The van der Waals surface area contributed by atoms with Crippen LogP contribution in [0.4, 0.5) is 5.69 Å². The Morgan fingerprint density at radius 1 is 1.11 bits per heavy atom. The minimum absolute atomic E-state index is 0.246. The Labute approximate surface area is 114 Å². The van der Waals surface area contributed by atoms with Gasteiger partial charge in [0.1, 0.15) is 0 Å². The number of hydrogen-bond acceptors (Lipinski definition) is 1. The normalized spacial score (nSPS) is 12.2. The maximum Gasteiger partial charge on any atom is 0.0486 e. The standard InChI is InChI=1S/C16H18ClN/c1-3-13-7-9-16(10-8-13)18-12(2)14-5-4-6-15(17)11-14/h4-12,18H,3H2,1-2H3. The van der Waals surface area contributed by atoms with Gasteiger partial charge in [-0.3, -0.25) is 0 Å². The summed E-state index contributed by atoms with van der Waals surface area (Å²) in [5, 5.41) is 4.26. The molecule has 1 unspecified atom stereocenters. The molecule has 0 aliphatic rings. The average molecular weight is 260 g/mol. The highest BCUT2D eigenvalue weighted by Gasteiger charge is 2.05. The second kappa shape index (κ2) is 5.92. The molecule has 94 valence electrons. The van der Waals surface area contributed by atoms with Gasteiger partial charge in [0.15, 0.2) is 0 Å². The van der Waals surface area contributed by atoms with E-state index in [9.17, 15) is 0 Å². The largest absolute Gasteiger partial charge is 0.379 e. The summed E-state index contributed by atoms with van der Waals surface area (Å²) in [6.07, 6.45) is 1.07. The van der Waals surface area contributed by atoms with Gasteiger partial charge in [-0.1, -0.05) is 42.8 Å². The maximum atomic E-state index is 6.00. The van der Waals surface area contributed by atoms with Crippen molar-refractivity contribution < 1.29 is 0 Å². The Bertz CT molecular complexity index is 505. The molecule has 0 saturated carbocycles. The molecule has 0 aliphatic heterocycles. The van der Waals surface area contributed by atoms with Gasteiger partial charge in [0.2, 0.25) is 0 Å². The van der Waals surface area contributed by atoms with E-state index in [-0.39, 0.29) is 6.04 Å². The van der Waals surface area contributed by atoms with E-state index >= 15 is 0 Å². The third-order valence-electron chi connectivity index (χ3n) is 3.09. The van der Waals surface area contributed by atoms with E-state index in [1.807, 2.05) is 18.2 Å². The van der Waals surface area contributed by atoms with Gasteiger partial charge < -0.3 is 5.32 Å². The fourth-order valence-corrected chi connectivity index (χ4v) is 2.14. The number of aryl methyl sites for hydroxylation is 1. The number of nitrogens with one attached hydrogen (secondary N) is 1. The number of benzene rings is 2. The molecule has 0 heterocycles. The van der Waals surface area contributed by atoms with Crippen LogP contribution in [0.5, 0.6) is 0 Å². The van der Waals surface area contributed by atoms with Crippen molar-refractivity contribution in [3.63, 3.8) is 0 Å². The molecule has 0 saturated heterocycles. The summed E-state index contributed by atoms with van der Waals surface area (Å²) in [4.78, 5) is 0. The predicted molar refractivity (Wildman–Crippen MR) is 79.3 cm³/mol. The minimum Gasteiger partial charge on any atom is -0.379 e. The van der Waals surface area contributed by atoms with Crippen molar-refractivity contribution in [1.29, 1.82) is 0 Å². The van der Waals surface area contributed by atoms with Crippen LogP contribution in [0.15, 0.2) is 48.5 Å². The fraction of sp³-hybridized carbons (Fsp3) is 0.250. The van der Waals surface area contributed by atoms with Crippen LogP contribution < -0.4 is 5.32 Å². The molecular weight excluding hydrogens is 242 g/mol. The van der Waals surface area contributed by atoms with Gasteiger partial charge in [0.25, 0.3) is 0 Å². The second-order valence-corrected chi connectivity index (χ2v) is 4.91. The number of hydrogen-bond donors (Lipinski definition) is 1. The van der Waals surface area contributed by atoms with Crippen molar-refractivity contribution >= 4 is 17.3 Å². The van der Waals surface area contributed by atoms with Crippen LogP contribution in [0, 0.1) is 0 Å². The van der Waals surface area contributed by atoms with Crippen molar-refractivity contribution in [3.8, 4) is 0 Å². The lowest BCUT2D eigenvalue weighted by Crippen LogP contribution is -2.06. The van der Waals surface area contributed by atoms with Gasteiger partial charge in [0.05, 0.1) is 0 Å². The Hall–Kier alpha value is -1.47. The predicted octanol–water partition coefficient (Wildman–Crippen LogP) is 5.08. The Morgan fingerprint density at radius 2 is 1.83 bits per heavy atom. The third kappa shape index (κ3) is 3.27. The zero-order valence-electron chi connectivity index (χ0n) is 10.8. The highest BCUT2D eigenvalue weighted by molar-refractivity contribution is 6.30.